The van der Waals surface area contributed by atoms with E-state index >= 15 is 0 Å². The summed E-state index contributed by atoms with van der Waals surface area (Å²) in [6.45, 7) is 0.870. The Morgan fingerprint density at radius 1 is 0.952 bits per heavy atom. The second kappa shape index (κ2) is 6.83. The molecule has 0 aliphatic rings. The predicted molar refractivity (Wildman–Crippen MR) is 95.3 cm³/mol. The second-order valence-corrected chi connectivity index (χ2v) is 6.77. The van der Waals surface area contributed by atoms with Crippen LogP contribution < -0.4 is 5.32 Å². The van der Waals surface area contributed by atoms with Crippen LogP contribution in [0.1, 0.15) is 4.88 Å². The van der Waals surface area contributed by atoms with Gasteiger partial charge in [-0.2, -0.15) is 0 Å². The zero-order valence-corrected chi connectivity index (χ0v) is 13.5. The van der Waals surface area contributed by atoms with Crippen molar-refractivity contribution in [3.8, 4) is 10.4 Å². The first kappa shape index (κ1) is 14.2. The molecule has 0 aliphatic carbocycles. The Morgan fingerprint density at radius 3 is 2.62 bits per heavy atom. The Bertz CT molecular complexity index is 704. The molecule has 21 heavy (non-hydrogen) atoms. The van der Waals surface area contributed by atoms with E-state index in [2.05, 4.69) is 78.3 Å². The molecule has 106 valence electrons. The fourth-order valence-electron chi connectivity index (χ4n) is 2.15. The average Bonchev–Trinajstić information content (AvgIpc) is 3.03. The maximum atomic E-state index is 3.50. The average molecular weight is 311 g/mol. The minimum absolute atomic E-state index is 0.870. The number of rotatable bonds is 5. The monoisotopic (exact) mass is 311 g/mol. The van der Waals surface area contributed by atoms with Gasteiger partial charge in [0.05, 0.1) is 0 Å². The number of benzene rings is 2. The number of hydrogen-bond acceptors (Lipinski definition) is 3. The largest absolute Gasteiger partial charge is 0.380 e. The molecule has 0 spiro atoms. The van der Waals surface area contributed by atoms with Gasteiger partial charge in [0.25, 0.3) is 0 Å². The van der Waals surface area contributed by atoms with Crippen molar-refractivity contribution in [2.45, 2.75) is 11.4 Å². The van der Waals surface area contributed by atoms with Crippen molar-refractivity contribution in [3.63, 3.8) is 0 Å². The normalized spacial score (nSPS) is 10.5. The van der Waals surface area contributed by atoms with Crippen LogP contribution in [0.2, 0.25) is 0 Å². The maximum Gasteiger partial charge on any atom is 0.0494 e. The van der Waals surface area contributed by atoms with E-state index < -0.39 is 0 Å². The molecule has 0 fully saturated rings. The highest BCUT2D eigenvalue weighted by molar-refractivity contribution is 7.98. The van der Waals surface area contributed by atoms with Crippen molar-refractivity contribution in [2.24, 2.45) is 0 Å². The summed E-state index contributed by atoms with van der Waals surface area (Å²) in [5.74, 6) is 0. The molecular weight excluding hydrogens is 294 g/mol. The van der Waals surface area contributed by atoms with E-state index in [0.717, 1.165) is 6.54 Å². The van der Waals surface area contributed by atoms with E-state index in [1.54, 1.807) is 11.8 Å². The van der Waals surface area contributed by atoms with Gasteiger partial charge in [0.1, 0.15) is 0 Å². The molecule has 1 nitrogen and oxygen atoms in total. The summed E-state index contributed by atoms with van der Waals surface area (Å²) in [6.07, 6.45) is 2.10. The number of anilines is 1. The van der Waals surface area contributed by atoms with Crippen LogP contribution >= 0.6 is 23.1 Å². The highest BCUT2D eigenvalue weighted by Crippen LogP contribution is 2.28. The van der Waals surface area contributed by atoms with Gasteiger partial charge in [-0.15, -0.1) is 23.1 Å². The zero-order chi connectivity index (χ0) is 14.5. The first-order valence-electron chi connectivity index (χ1n) is 6.87. The quantitative estimate of drug-likeness (QED) is 0.602. The standard InChI is InChI=1S/C18H17NS2/c1-20-16-9-5-8-15(12-16)19-13-17-10-11-18(21-17)14-6-3-2-4-7-14/h2-12,19H,13H2,1H3. The van der Waals surface area contributed by atoms with Crippen molar-refractivity contribution in [1.29, 1.82) is 0 Å². The van der Waals surface area contributed by atoms with Crippen LogP contribution in [0.5, 0.6) is 0 Å². The summed E-state index contributed by atoms with van der Waals surface area (Å²) >= 11 is 3.62. The topological polar surface area (TPSA) is 12.0 Å². The van der Waals surface area contributed by atoms with Gasteiger partial charge in [-0.25, -0.2) is 0 Å². The summed E-state index contributed by atoms with van der Waals surface area (Å²) in [6, 6.07) is 23.5. The molecule has 0 amide bonds. The van der Waals surface area contributed by atoms with Crippen molar-refractivity contribution >= 4 is 28.8 Å². The zero-order valence-electron chi connectivity index (χ0n) is 11.9. The number of nitrogens with one attached hydrogen (secondary N) is 1. The Kier molecular flexibility index (Phi) is 4.63. The first-order valence-corrected chi connectivity index (χ1v) is 8.91. The fourth-order valence-corrected chi connectivity index (χ4v) is 3.57. The number of hydrogen-bond donors (Lipinski definition) is 1. The SMILES string of the molecule is CSc1cccc(NCc2ccc(-c3ccccc3)s2)c1. The minimum Gasteiger partial charge on any atom is -0.380 e. The van der Waals surface area contributed by atoms with Gasteiger partial charge in [-0.1, -0.05) is 36.4 Å². The summed E-state index contributed by atoms with van der Waals surface area (Å²) in [7, 11) is 0. The Hall–Kier alpha value is -1.71. The molecule has 3 rings (SSSR count). The lowest BCUT2D eigenvalue weighted by Gasteiger charge is -2.06. The maximum absolute atomic E-state index is 3.50. The fraction of sp³-hybridized carbons (Fsp3) is 0.111. The third kappa shape index (κ3) is 3.69. The number of thioether (sulfide) groups is 1. The molecule has 1 aromatic heterocycles. The Labute approximate surface area is 134 Å². The van der Waals surface area contributed by atoms with E-state index in [-0.39, 0.29) is 0 Å². The van der Waals surface area contributed by atoms with Gasteiger partial charge >= 0.3 is 0 Å². The van der Waals surface area contributed by atoms with Crippen molar-refractivity contribution in [2.75, 3.05) is 11.6 Å². The molecule has 2 aromatic carbocycles. The van der Waals surface area contributed by atoms with Crippen LogP contribution in [0, 0.1) is 0 Å². The Morgan fingerprint density at radius 2 is 1.81 bits per heavy atom. The van der Waals surface area contributed by atoms with E-state index in [4.69, 9.17) is 0 Å². The summed E-state index contributed by atoms with van der Waals surface area (Å²) in [5.41, 5.74) is 2.47. The number of thiophene rings is 1. The van der Waals surface area contributed by atoms with E-state index in [9.17, 15) is 0 Å². The van der Waals surface area contributed by atoms with Gasteiger partial charge in [-0.3, -0.25) is 0 Å². The minimum atomic E-state index is 0.870. The van der Waals surface area contributed by atoms with E-state index in [0.29, 0.717) is 0 Å². The van der Waals surface area contributed by atoms with Crippen molar-refractivity contribution < 1.29 is 0 Å². The van der Waals surface area contributed by atoms with Crippen molar-refractivity contribution in [3.05, 3.63) is 71.6 Å². The molecule has 1 N–H and O–H groups in total. The van der Waals surface area contributed by atoms with E-state index in [1.165, 1.54) is 25.9 Å². The summed E-state index contributed by atoms with van der Waals surface area (Å²) in [4.78, 5) is 3.96. The predicted octanol–water partition coefficient (Wildman–Crippen LogP) is 5.75. The molecule has 0 bridgehead atoms. The lowest BCUT2D eigenvalue weighted by molar-refractivity contribution is 1.19. The molecule has 3 heteroatoms. The second-order valence-electron chi connectivity index (χ2n) is 4.72. The van der Waals surface area contributed by atoms with Gasteiger partial charge in [-0.05, 0) is 42.2 Å². The van der Waals surface area contributed by atoms with Gasteiger partial charge in [0.15, 0.2) is 0 Å². The highest BCUT2D eigenvalue weighted by Gasteiger charge is 2.02. The van der Waals surface area contributed by atoms with Crippen LogP contribution in [0.25, 0.3) is 10.4 Å². The molecule has 0 radical (unpaired) electrons. The van der Waals surface area contributed by atoms with Crippen molar-refractivity contribution in [1.82, 2.24) is 0 Å². The van der Waals surface area contributed by atoms with Gasteiger partial charge in [0, 0.05) is 26.9 Å². The Balaban J connectivity index is 1.67. The summed E-state index contributed by atoms with van der Waals surface area (Å²) < 4.78 is 0. The third-order valence-electron chi connectivity index (χ3n) is 3.26. The van der Waals surface area contributed by atoms with Crippen LogP contribution in [-0.2, 0) is 6.54 Å². The molecular formula is C18H17NS2. The van der Waals surface area contributed by atoms with Gasteiger partial charge in [0.2, 0.25) is 0 Å². The molecule has 0 saturated carbocycles. The third-order valence-corrected chi connectivity index (χ3v) is 5.12. The lowest BCUT2D eigenvalue weighted by atomic mass is 10.2. The molecule has 1 heterocycles. The van der Waals surface area contributed by atoms with Gasteiger partial charge < -0.3 is 5.32 Å². The molecule has 0 atom stereocenters. The highest BCUT2D eigenvalue weighted by atomic mass is 32.2. The molecule has 3 aromatic rings. The lowest BCUT2D eigenvalue weighted by Crippen LogP contribution is -1.96. The van der Waals surface area contributed by atoms with Crippen LogP contribution in [0.3, 0.4) is 0 Å². The molecule has 0 saturated heterocycles. The first-order chi connectivity index (χ1) is 10.3. The van der Waals surface area contributed by atoms with Crippen LogP contribution in [0.4, 0.5) is 5.69 Å². The van der Waals surface area contributed by atoms with Crippen LogP contribution in [0.15, 0.2) is 71.6 Å². The van der Waals surface area contributed by atoms with Crippen LogP contribution in [-0.4, -0.2) is 6.26 Å². The summed E-state index contributed by atoms with van der Waals surface area (Å²) in [5, 5.41) is 3.50. The molecule has 0 aliphatic heterocycles. The van der Waals surface area contributed by atoms with E-state index in [1.807, 2.05) is 11.3 Å². The smallest absolute Gasteiger partial charge is 0.0494 e. The molecule has 0 unspecified atom stereocenters.